The molecule has 0 aliphatic rings. The highest BCUT2D eigenvalue weighted by Gasteiger charge is 2.16. The molecule has 8 aromatic rings. The number of nitrogens with one attached hydrogen (secondary N) is 2. The fraction of sp³-hybridized carbons (Fsp3) is 0.0889. The van der Waals surface area contributed by atoms with E-state index < -0.39 is 26.3 Å². The lowest BCUT2D eigenvalue weighted by Crippen LogP contribution is -2.29. The van der Waals surface area contributed by atoms with Crippen molar-refractivity contribution in [2.45, 2.75) is 23.6 Å². The topological polar surface area (TPSA) is 197 Å². The number of aromatic nitrogens is 4. The number of benzene rings is 4. The number of rotatable bonds is 8. The fourth-order valence-electron chi connectivity index (χ4n) is 6.15. The first-order chi connectivity index (χ1) is 29.6. The molecule has 4 aromatic heterocycles. The number of hydrazone groups is 2. The molecule has 8 rings (SSSR count). The Labute approximate surface area is 359 Å². The second-order valence-electron chi connectivity index (χ2n) is 13.9. The molecule has 0 radical (unpaired) electrons. The van der Waals surface area contributed by atoms with E-state index in [1.807, 2.05) is 113 Å². The van der Waals surface area contributed by atoms with Gasteiger partial charge in [-0.3, -0.25) is 0 Å². The Morgan fingerprint density at radius 3 is 1.23 bits per heavy atom. The van der Waals surface area contributed by atoms with Crippen molar-refractivity contribution in [2.24, 2.45) is 24.3 Å². The van der Waals surface area contributed by atoms with Gasteiger partial charge >= 0.3 is 6.03 Å². The number of pyridine rings is 2. The van der Waals surface area contributed by atoms with Gasteiger partial charge in [-0.05, 0) is 85.6 Å². The zero-order chi connectivity index (χ0) is 44.4. The van der Waals surface area contributed by atoms with Gasteiger partial charge in [0.15, 0.2) is 11.4 Å². The van der Waals surface area contributed by atoms with Crippen LogP contribution in [0.1, 0.15) is 22.3 Å². The molecule has 0 spiro atoms. The number of nitrogens with zero attached hydrogens (tertiary/aromatic N) is 6. The second-order valence-corrected chi connectivity index (χ2v) is 16.7. The average molecular weight is 871 g/mol. The summed E-state index contributed by atoms with van der Waals surface area (Å²) in [4.78, 5) is 11.7. The van der Waals surface area contributed by atoms with Crippen molar-refractivity contribution in [2.75, 3.05) is 0 Å². The second kappa shape index (κ2) is 19.4. The third-order valence-electron chi connectivity index (χ3n) is 9.46. The molecule has 0 bridgehead atoms. The average Bonchev–Trinajstić information content (AvgIpc) is 3.77. The SMILES string of the molecule is C[n+]1c(-c2ccc(/C=N/NC(=O)N/N=C/c3ccc(-c4cn5ccccc5[n+]4C)cc3)cc2)cn2ccccc21.Cc1ccc(S(=O)(=O)[O-])cc1.Cc1ccc(S(=O)(=O)[O-])cc1. The van der Waals surface area contributed by atoms with Crippen LogP contribution in [0.2, 0.25) is 0 Å². The maximum Gasteiger partial charge on any atom is 0.355 e. The molecule has 62 heavy (non-hydrogen) atoms. The van der Waals surface area contributed by atoms with Crippen molar-refractivity contribution in [1.82, 2.24) is 19.7 Å². The summed E-state index contributed by atoms with van der Waals surface area (Å²) in [5.41, 5.74) is 15.1. The van der Waals surface area contributed by atoms with Crippen LogP contribution in [0.4, 0.5) is 4.79 Å². The van der Waals surface area contributed by atoms with Crippen LogP contribution in [-0.4, -0.2) is 53.2 Å². The number of amides is 2. The maximum absolute atomic E-state index is 12.1. The van der Waals surface area contributed by atoms with Crippen molar-refractivity contribution in [1.29, 1.82) is 0 Å². The van der Waals surface area contributed by atoms with E-state index >= 15 is 0 Å². The van der Waals surface area contributed by atoms with Gasteiger partial charge in [-0.1, -0.05) is 71.8 Å². The zero-order valence-corrected chi connectivity index (χ0v) is 35.7. The summed E-state index contributed by atoms with van der Waals surface area (Å²) in [7, 11) is -4.44. The Hall–Kier alpha value is -7.31. The Morgan fingerprint density at radius 1 is 0.548 bits per heavy atom. The number of imidazole rings is 2. The standard InChI is InChI=1S/C31H27N8O.2C7H8O3S/c1-36-27(21-38-17-5-3-7-29(36)38)25-13-9-23(10-14-25)19-32-34-31(40)35-33-20-24-11-15-26(16-12-24)28-22-39-18-6-4-8-30(39)37(28)2;2*1-6-2-4-7(5-3-6)11(8,9)10/h3-22H,1-2H3,(H-,34,35,40);2*2-5H,1H3,(H,8,9,10)/q+1;;/p-1/b32-19+,33-20+;;. The van der Waals surface area contributed by atoms with Gasteiger partial charge in [0.25, 0.3) is 11.3 Å². The predicted octanol–water partition coefficient (Wildman–Crippen LogP) is 5.64. The van der Waals surface area contributed by atoms with Crippen LogP contribution in [0.15, 0.2) is 178 Å². The van der Waals surface area contributed by atoms with Gasteiger partial charge in [-0.25, -0.2) is 50.4 Å². The van der Waals surface area contributed by atoms with Crippen molar-refractivity contribution >= 4 is 50.0 Å². The van der Waals surface area contributed by atoms with E-state index in [4.69, 9.17) is 0 Å². The normalized spacial score (nSPS) is 11.6. The van der Waals surface area contributed by atoms with Gasteiger partial charge in [-0.2, -0.15) is 10.2 Å². The lowest BCUT2D eigenvalue weighted by Gasteiger charge is -2.05. The highest BCUT2D eigenvalue weighted by Crippen LogP contribution is 2.19. The van der Waals surface area contributed by atoms with Crippen LogP contribution in [-0.2, 0) is 34.3 Å². The first-order valence-corrected chi connectivity index (χ1v) is 21.7. The molecule has 0 atom stereocenters. The molecule has 15 nitrogen and oxygen atoms in total. The Bertz CT molecular complexity index is 2900. The van der Waals surface area contributed by atoms with Crippen LogP contribution < -0.4 is 20.0 Å². The number of urea groups is 1. The molecular weight excluding hydrogens is 829 g/mol. The van der Waals surface area contributed by atoms with Crippen LogP contribution in [0.5, 0.6) is 0 Å². The summed E-state index contributed by atoms with van der Waals surface area (Å²) < 4.78 is 70.8. The molecule has 4 aromatic carbocycles. The summed E-state index contributed by atoms with van der Waals surface area (Å²) in [6.45, 7) is 3.64. The molecule has 0 fully saturated rings. The monoisotopic (exact) mass is 870 g/mol. The summed E-state index contributed by atoms with van der Waals surface area (Å²) in [6.07, 6.45) is 11.4. The molecule has 4 heterocycles. The van der Waals surface area contributed by atoms with E-state index in [-0.39, 0.29) is 9.79 Å². The van der Waals surface area contributed by atoms with Gasteiger partial charge in [-0.15, -0.1) is 0 Å². The van der Waals surface area contributed by atoms with Gasteiger partial charge in [0.2, 0.25) is 0 Å². The van der Waals surface area contributed by atoms with E-state index in [2.05, 4.69) is 63.5 Å². The summed E-state index contributed by atoms with van der Waals surface area (Å²) in [5, 5.41) is 8.04. The molecule has 0 saturated heterocycles. The zero-order valence-electron chi connectivity index (χ0n) is 34.0. The molecule has 2 N–H and O–H groups in total. The molecule has 0 aliphatic heterocycles. The summed E-state index contributed by atoms with van der Waals surface area (Å²) in [6, 6.07) is 39.2. The quantitative estimate of drug-likeness (QED) is 0.0853. The molecule has 2 amide bonds. The van der Waals surface area contributed by atoms with E-state index in [1.165, 1.54) is 24.3 Å². The van der Waals surface area contributed by atoms with E-state index in [9.17, 15) is 30.7 Å². The molecule has 17 heteroatoms. The van der Waals surface area contributed by atoms with E-state index in [0.29, 0.717) is 0 Å². The Morgan fingerprint density at radius 2 is 0.903 bits per heavy atom. The van der Waals surface area contributed by atoms with Crippen LogP contribution in [0, 0.1) is 13.8 Å². The largest absolute Gasteiger partial charge is 0.744 e. The lowest BCUT2D eigenvalue weighted by molar-refractivity contribution is -0.633. The minimum atomic E-state index is -4.27. The smallest absolute Gasteiger partial charge is 0.355 e. The van der Waals surface area contributed by atoms with Crippen molar-refractivity contribution in [3.63, 3.8) is 0 Å². The minimum absolute atomic E-state index is 0.178. The number of carbonyl (C=O) groups excluding carboxylic acids is 1. The number of fused-ring (bicyclic) bond motifs is 2. The first-order valence-electron chi connectivity index (χ1n) is 18.9. The van der Waals surface area contributed by atoms with Crippen LogP contribution >= 0.6 is 0 Å². The van der Waals surface area contributed by atoms with Gasteiger partial charge in [0.05, 0.1) is 48.7 Å². The van der Waals surface area contributed by atoms with Gasteiger partial charge in [0, 0.05) is 23.3 Å². The Kier molecular flexibility index (Phi) is 13.8. The highest BCUT2D eigenvalue weighted by molar-refractivity contribution is 7.86. The summed E-state index contributed by atoms with van der Waals surface area (Å²) >= 11 is 0. The van der Waals surface area contributed by atoms with E-state index in [0.717, 1.165) is 56.1 Å². The predicted molar refractivity (Wildman–Crippen MR) is 233 cm³/mol. The van der Waals surface area contributed by atoms with Crippen LogP contribution in [0.25, 0.3) is 33.8 Å². The number of aryl methyl sites for hydroxylation is 4. The third kappa shape index (κ3) is 11.5. The van der Waals surface area contributed by atoms with Gasteiger partial charge in [0.1, 0.15) is 32.6 Å². The number of hydrogen-bond donors (Lipinski definition) is 2. The molecule has 316 valence electrons. The first kappa shape index (κ1) is 44.2. The molecular formula is C45H42N8O7S2. The number of carbonyl (C=O) groups is 1. The van der Waals surface area contributed by atoms with Crippen molar-refractivity contribution in [3.8, 4) is 22.5 Å². The van der Waals surface area contributed by atoms with E-state index in [1.54, 1.807) is 36.7 Å². The minimum Gasteiger partial charge on any atom is -0.744 e. The highest BCUT2D eigenvalue weighted by atomic mass is 32.2. The van der Waals surface area contributed by atoms with Crippen molar-refractivity contribution in [3.05, 3.63) is 181 Å². The number of hydrogen-bond acceptors (Lipinski definition) is 9. The van der Waals surface area contributed by atoms with Gasteiger partial charge < -0.3 is 9.11 Å². The molecule has 0 unspecified atom stereocenters. The van der Waals surface area contributed by atoms with Crippen LogP contribution in [0.3, 0.4) is 0 Å². The Balaban J connectivity index is 0.000000237. The summed E-state index contributed by atoms with van der Waals surface area (Å²) in [5.74, 6) is 0. The lowest BCUT2D eigenvalue weighted by atomic mass is 10.1. The molecule has 0 aliphatic carbocycles. The third-order valence-corrected chi connectivity index (χ3v) is 11.2. The molecule has 0 saturated carbocycles. The van der Waals surface area contributed by atoms with Crippen molar-refractivity contribution < 1.29 is 39.9 Å². The fourth-order valence-corrected chi connectivity index (χ4v) is 7.09. The maximum atomic E-state index is 12.1.